The van der Waals surface area contributed by atoms with Gasteiger partial charge < -0.3 is 10.2 Å². The highest BCUT2D eigenvalue weighted by Gasteiger charge is 2.14. The Bertz CT molecular complexity index is 660. The Morgan fingerprint density at radius 2 is 2.04 bits per heavy atom. The zero-order chi connectivity index (χ0) is 16.1. The van der Waals surface area contributed by atoms with E-state index < -0.39 is 0 Å². The highest BCUT2D eigenvalue weighted by atomic mass is 16.2. The van der Waals surface area contributed by atoms with E-state index in [0.717, 1.165) is 24.5 Å². The van der Waals surface area contributed by atoms with Crippen LogP contribution in [0.2, 0.25) is 0 Å². The van der Waals surface area contributed by atoms with Gasteiger partial charge >= 0.3 is 0 Å². The number of aromatic nitrogens is 4. The summed E-state index contributed by atoms with van der Waals surface area (Å²) < 4.78 is 0. The number of aromatic amines is 1. The molecule has 0 radical (unpaired) electrons. The molecule has 1 aliphatic heterocycles. The number of carbonyl (C=O) groups excluding carboxylic acids is 1. The number of aryl methyl sites for hydroxylation is 1. The molecule has 0 aliphatic carbocycles. The van der Waals surface area contributed by atoms with Crippen molar-refractivity contribution in [2.24, 2.45) is 0 Å². The molecule has 0 atom stereocenters. The first kappa shape index (κ1) is 15.5. The molecular weight excluding hydrogens is 292 g/mol. The summed E-state index contributed by atoms with van der Waals surface area (Å²) in [5, 5.41) is 13.1. The zero-order valence-corrected chi connectivity index (χ0v) is 13.4. The summed E-state index contributed by atoms with van der Waals surface area (Å²) in [5.74, 6) is 0.778. The van der Waals surface area contributed by atoms with Crippen molar-refractivity contribution in [2.45, 2.75) is 39.2 Å². The lowest BCUT2D eigenvalue weighted by Crippen LogP contribution is -2.26. The lowest BCUT2D eigenvalue weighted by Gasteiger charge is -2.21. The van der Waals surface area contributed by atoms with Gasteiger partial charge in [0.2, 0.25) is 0 Å². The Morgan fingerprint density at radius 1 is 1.26 bits per heavy atom. The lowest BCUT2D eigenvalue weighted by atomic mass is 10.2. The van der Waals surface area contributed by atoms with E-state index in [-0.39, 0.29) is 5.91 Å². The Hall–Kier alpha value is -2.44. The van der Waals surface area contributed by atoms with Gasteiger partial charge in [-0.15, -0.1) is 0 Å². The Morgan fingerprint density at radius 3 is 2.74 bits per heavy atom. The summed E-state index contributed by atoms with van der Waals surface area (Å²) in [7, 11) is 0. The summed E-state index contributed by atoms with van der Waals surface area (Å²) >= 11 is 0. The van der Waals surface area contributed by atoms with E-state index in [4.69, 9.17) is 0 Å². The minimum Gasteiger partial charge on any atom is -0.357 e. The fraction of sp³-hybridized carbons (Fsp3) is 0.500. The molecule has 2 aromatic rings. The highest BCUT2D eigenvalue weighted by Crippen LogP contribution is 2.18. The molecule has 2 aromatic heterocycles. The second-order valence-corrected chi connectivity index (χ2v) is 5.86. The van der Waals surface area contributed by atoms with Crippen LogP contribution in [0.4, 0.5) is 5.82 Å². The molecule has 7 nitrogen and oxygen atoms in total. The first-order chi connectivity index (χ1) is 11.2. The molecule has 0 unspecified atom stereocenters. The largest absolute Gasteiger partial charge is 0.357 e. The van der Waals surface area contributed by atoms with Crippen molar-refractivity contribution in [3.05, 3.63) is 35.3 Å². The van der Waals surface area contributed by atoms with Crippen LogP contribution in [0.1, 0.15) is 47.4 Å². The Labute approximate surface area is 135 Å². The Balaban J connectivity index is 1.63. The SMILES string of the molecule is Cc1n[nH]nc1C(=O)NCc1ccnc(N2CCCCCC2)c1. The van der Waals surface area contributed by atoms with Crippen molar-refractivity contribution in [1.29, 1.82) is 0 Å². The third-order valence-corrected chi connectivity index (χ3v) is 4.13. The first-order valence-corrected chi connectivity index (χ1v) is 8.09. The third kappa shape index (κ3) is 3.85. The van der Waals surface area contributed by atoms with Crippen molar-refractivity contribution in [3.63, 3.8) is 0 Å². The van der Waals surface area contributed by atoms with Gasteiger partial charge in [-0.1, -0.05) is 12.8 Å². The van der Waals surface area contributed by atoms with Crippen LogP contribution in [0.3, 0.4) is 0 Å². The first-order valence-electron chi connectivity index (χ1n) is 8.09. The predicted octanol–water partition coefficient (Wildman–Crippen LogP) is 1.82. The van der Waals surface area contributed by atoms with Crippen LogP contribution in [0.15, 0.2) is 18.3 Å². The van der Waals surface area contributed by atoms with Crippen LogP contribution in [0.5, 0.6) is 0 Å². The number of pyridine rings is 1. The predicted molar refractivity (Wildman–Crippen MR) is 87.2 cm³/mol. The summed E-state index contributed by atoms with van der Waals surface area (Å²) in [4.78, 5) is 18.9. The monoisotopic (exact) mass is 314 g/mol. The minimum absolute atomic E-state index is 0.218. The highest BCUT2D eigenvalue weighted by molar-refractivity contribution is 5.93. The number of rotatable bonds is 4. The van der Waals surface area contributed by atoms with E-state index in [1.54, 1.807) is 6.92 Å². The molecule has 0 bridgehead atoms. The molecule has 2 N–H and O–H groups in total. The fourth-order valence-corrected chi connectivity index (χ4v) is 2.81. The minimum atomic E-state index is -0.218. The van der Waals surface area contributed by atoms with Gasteiger partial charge in [-0.2, -0.15) is 15.4 Å². The lowest BCUT2D eigenvalue weighted by molar-refractivity contribution is 0.0945. The number of nitrogens with zero attached hydrogens (tertiary/aromatic N) is 4. The summed E-state index contributed by atoms with van der Waals surface area (Å²) in [5.41, 5.74) is 1.98. The van der Waals surface area contributed by atoms with Gasteiger partial charge in [0.25, 0.3) is 5.91 Å². The smallest absolute Gasteiger partial charge is 0.274 e. The molecular formula is C16H22N6O. The number of amides is 1. The molecule has 23 heavy (non-hydrogen) atoms. The van der Waals surface area contributed by atoms with Gasteiger partial charge in [-0.05, 0) is 37.5 Å². The molecule has 1 amide bonds. The molecule has 1 fully saturated rings. The van der Waals surface area contributed by atoms with E-state index in [2.05, 4.69) is 36.7 Å². The summed E-state index contributed by atoms with van der Waals surface area (Å²) in [6.07, 6.45) is 6.83. The second-order valence-electron chi connectivity index (χ2n) is 5.86. The van der Waals surface area contributed by atoms with E-state index in [0.29, 0.717) is 17.9 Å². The van der Waals surface area contributed by atoms with Gasteiger partial charge in [-0.3, -0.25) is 4.79 Å². The van der Waals surface area contributed by atoms with Gasteiger partial charge in [-0.25, -0.2) is 4.98 Å². The summed E-state index contributed by atoms with van der Waals surface area (Å²) in [6.45, 7) is 4.32. The van der Waals surface area contributed by atoms with E-state index in [9.17, 15) is 4.79 Å². The van der Waals surface area contributed by atoms with Gasteiger partial charge in [0.15, 0.2) is 5.69 Å². The van der Waals surface area contributed by atoms with Crippen molar-refractivity contribution in [1.82, 2.24) is 25.7 Å². The van der Waals surface area contributed by atoms with Gasteiger partial charge in [0.1, 0.15) is 5.82 Å². The van der Waals surface area contributed by atoms with Gasteiger partial charge in [0.05, 0.1) is 5.69 Å². The van der Waals surface area contributed by atoms with Crippen molar-refractivity contribution < 1.29 is 4.79 Å². The van der Waals surface area contributed by atoms with Crippen LogP contribution in [0, 0.1) is 6.92 Å². The maximum atomic E-state index is 12.1. The number of hydrogen-bond donors (Lipinski definition) is 2. The summed E-state index contributed by atoms with van der Waals surface area (Å²) in [6, 6.07) is 3.98. The number of H-pyrrole nitrogens is 1. The topological polar surface area (TPSA) is 86.8 Å². The molecule has 0 saturated carbocycles. The Kier molecular flexibility index (Phi) is 4.85. The van der Waals surface area contributed by atoms with Crippen molar-refractivity contribution in [2.75, 3.05) is 18.0 Å². The number of hydrogen-bond acceptors (Lipinski definition) is 5. The van der Waals surface area contributed by atoms with E-state index in [1.807, 2.05) is 12.3 Å². The van der Waals surface area contributed by atoms with Gasteiger partial charge in [0, 0.05) is 25.8 Å². The van der Waals surface area contributed by atoms with Crippen molar-refractivity contribution >= 4 is 11.7 Å². The van der Waals surface area contributed by atoms with Crippen LogP contribution in [0.25, 0.3) is 0 Å². The average molecular weight is 314 g/mol. The average Bonchev–Trinajstić information content (AvgIpc) is 2.84. The number of anilines is 1. The molecule has 3 rings (SSSR count). The molecule has 7 heteroatoms. The van der Waals surface area contributed by atoms with Crippen LogP contribution in [-0.4, -0.2) is 39.4 Å². The molecule has 1 saturated heterocycles. The van der Waals surface area contributed by atoms with Crippen LogP contribution < -0.4 is 10.2 Å². The zero-order valence-electron chi connectivity index (χ0n) is 13.4. The van der Waals surface area contributed by atoms with Crippen molar-refractivity contribution in [3.8, 4) is 0 Å². The molecule has 122 valence electrons. The van der Waals surface area contributed by atoms with E-state index >= 15 is 0 Å². The van der Waals surface area contributed by atoms with Crippen LogP contribution >= 0.6 is 0 Å². The number of carbonyl (C=O) groups is 1. The normalized spacial score (nSPS) is 15.3. The van der Waals surface area contributed by atoms with E-state index in [1.165, 1.54) is 25.7 Å². The maximum Gasteiger partial charge on any atom is 0.274 e. The molecule has 1 aliphatic rings. The quantitative estimate of drug-likeness (QED) is 0.899. The molecule has 0 spiro atoms. The van der Waals surface area contributed by atoms with Crippen LogP contribution in [-0.2, 0) is 6.54 Å². The number of nitrogens with one attached hydrogen (secondary N) is 2. The fourth-order valence-electron chi connectivity index (χ4n) is 2.81. The standard InChI is InChI=1S/C16H22N6O/c1-12-15(20-21-19-12)16(23)18-11-13-6-7-17-14(10-13)22-8-4-2-3-5-9-22/h6-7,10H,2-5,8-9,11H2,1H3,(H,18,23)(H,19,20,21). The molecule has 0 aromatic carbocycles. The molecule has 3 heterocycles. The third-order valence-electron chi connectivity index (χ3n) is 4.13. The maximum absolute atomic E-state index is 12.1. The second kappa shape index (κ2) is 7.21.